The lowest BCUT2D eigenvalue weighted by molar-refractivity contribution is -0.160. The number of rotatable bonds is 6. The van der Waals surface area contributed by atoms with E-state index in [1.165, 1.54) is 0 Å². The Morgan fingerprint density at radius 3 is 2.06 bits per heavy atom. The highest BCUT2D eigenvalue weighted by Crippen LogP contribution is 2.42. The molecule has 0 aliphatic rings. The maximum Gasteiger partial charge on any atom is 0.416 e. The molecule has 0 radical (unpaired) electrons. The zero-order chi connectivity index (χ0) is 22.8. The Morgan fingerprint density at radius 1 is 0.968 bits per heavy atom. The lowest BCUT2D eigenvalue weighted by Crippen LogP contribution is -2.20. The molecule has 0 saturated carbocycles. The summed E-state index contributed by atoms with van der Waals surface area (Å²) in [5.41, 5.74) is -0.959. The van der Waals surface area contributed by atoms with E-state index in [0.717, 1.165) is 22.9 Å². The molecule has 3 aromatic rings. The molecule has 0 bridgehead atoms. The van der Waals surface area contributed by atoms with E-state index in [2.05, 4.69) is 0 Å². The molecule has 164 valence electrons. The lowest BCUT2D eigenvalue weighted by atomic mass is 10.1. The number of halogens is 5. The van der Waals surface area contributed by atoms with Gasteiger partial charge in [0.25, 0.3) is 0 Å². The van der Waals surface area contributed by atoms with E-state index in [1.807, 2.05) is 0 Å². The van der Waals surface area contributed by atoms with Crippen LogP contribution in [0.4, 0.5) is 13.2 Å². The molecule has 0 N–H and O–H groups in total. The number of fused-ring (bicyclic) bond motifs is 1. The summed E-state index contributed by atoms with van der Waals surface area (Å²) in [6.45, 7) is 3.31. The molecule has 1 atom stereocenters. The Morgan fingerprint density at radius 2 is 1.52 bits per heavy atom. The Bertz CT molecular complexity index is 1090. The third kappa shape index (κ3) is 5.74. The van der Waals surface area contributed by atoms with Crippen molar-refractivity contribution in [2.75, 3.05) is 0 Å². The number of benzene rings is 3. The SMILES string of the molecule is CCC(=O)O[C@H](C)Oc1ccc2cc(Oc3c(Cl)cc(C(F)(F)F)cc3Cl)ccc2c1. The van der Waals surface area contributed by atoms with Crippen LogP contribution in [0.15, 0.2) is 48.5 Å². The van der Waals surface area contributed by atoms with Crippen LogP contribution in [0.5, 0.6) is 17.2 Å². The van der Waals surface area contributed by atoms with E-state index in [1.54, 1.807) is 50.2 Å². The predicted octanol–water partition coefficient (Wildman–Crippen LogP) is 7.64. The second kappa shape index (κ2) is 9.24. The van der Waals surface area contributed by atoms with Crippen LogP contribution in [0.3, 0.4) is 0 Å². The van der Waals surface area contributed by atoms with Gasteiger partial charge in [-0.15, -0.1) is 0 Å². The quantitative estimate of drug-likeness (QED) is 0.273. The molecule has 0 spiro atoms. The zero-order valence-corrected chi connectivity index (χ0v) is 17.9. The second-order valence-electron chi connectivity index (χ2n) is 6.57. The average Bonchev–Trinajstić information content (AvgIpc) is 2.69. The first-order valence-corrected chi connectivity index (χ1v) is 9.96. The van der Waals surface area contributed by atoms with Crippen LogP contribution < -0.4 is 9.47 Å². The fraction of sp³-hybridized carbons (Fsp3) is 0.227. The van der Waals surface area contributed by atoms with Crippen molar-refractivity contribution < 1.29 is 32.2 Å². The summed E-state index contributed by atoms with van der Waals surface area (Å²) in [4.78, 5) is 11.3. The Balaban J connectivity index is 1.80. The molecule has 0 aliphatic carbocycles. The highest BCUT2D eigenvalue weighted by atomic mass is 35.5. The summed E-state index contributed by atoms with van der Waals surface area (Å²) in [5.74, 6) is 0.416. The van der Waals surface area contributed by atoms with Crippen LogP contribution in [0.25, 0.3) is 10.8 Å². The zero-order valence-electron chi connectivity index (χ0n) is 16.4. The van der Waals surface area contributed by atoms with Crippen molar-refractivity contribution in [1.29, 1.82) is 0 Å². The van der Waals surface area contributed by atoms with Gasteiger partial charge in [-0.2, -0.15) is 13.2 Å². The molecular weight excluding hydrogens is 456 g/mol. The number of hydrogen-bond acceptors (Lipinski definition) is 4. The minimum absolute atomic E-state index is 0.0674. The van der Waals surface area contributed by atoms with Crippen LogP contribution in [0.1, 0.15) is 25.8 Å². The molecule has 0 aromatic heterocycles. The fourth-order valence-electron chi connectivity index (χ4n) is 2.76. The first-order chi connectivity index (χ1) is 14.6. The van der Waals surface area contributed by atoms with Gasteiger partial charge in [0.15, 0.2) is 5.75 Å². The van der Waals surface area contributed by atoms with Crippen LogP contribution in [0.2, 0.25) is 10.0 Å². The van der Waals surface area contributed by atoms with Crippen molar-refractivity contribution >= 4 is 39.9 Å². The molecular formula is C22H17Cl2F3O4. The standard InChI is InChI=1S/C22H17Cl2F3O4/c1-3-20(28)30-12(2)29-16-6-4-14-9-17(7-5-13(14)8-16)31-21-18(23)10-15(11-19(21)24)22(25,26)27/h4-12H,3H2,1-2H3/t12-/m1/s1. The molecule has 0 saturated heterocycles. The van der Waals surface area contributed by atoms with Gasteiger partial charge >= 0.3 is 12.1 Å². The Kier molecular flexibility index (Phi) is 6.86. The van der Waals surface area contributed by atoms with E-state index in [-0.39, 0.29) is 28.2 Å². The minimum atomic E-state index is -4.57. The van der Waals surface area contributed by atoms with E-state index < -0.39 is 18.0 Å². The summed E-state index contributed by atoms with van der Waals surface area (Å²) in [6.07, 6.45) is -5.06. The van der Waals surface area contributed by atoms with Gasteiger partial charge in [0.2, 0.25) is 6.29 Å². The third-order valence-electron chi connectivity index (χ3n) is 4.22. The second-order valence-corrected chi connectivity index (χ2v) is 7.38. The number of hydrogen-bond donors (Lipinski definition) is 0. The van der Waals surface area contributed by atoms with Crippen LogP contribution in [-0.2, 0) is 15.7 Å². The minimum Gasteiger partial charge on any atom is -0.455 e. The van der Waals surface area contributed by atoms with Gasteiger partial charge in [0.05, 0.1) is 15.6 Å². The molecule has 3 aromatic carbocycles. The molecule has 0 amide bonds. The largest absolute Gasteiger partial charge is 0.455 e. The van der Waals surface area contributed by atoms with Crippen molar-refractivity contribution in [3.05, 3.63) is 64.1 Å². The normalized spacial score (nSPS) is 12.5. The summed E-state index contributed by atoms with van der Waals surface area (Å²) < 4.78 is 55.0. The Labute approximate surface area is 186 Å². The molecule has 4 nitrogen and oxygen atoms in total. The Hall–Kier alpha value is -2.64. The summed E-state index contributed by atoms with van der Waals surface area (Å²) in [7, 11) is 0. The predicted molar refractivity (Wildman–Crippen MR) is 112 cm³/mol. The van der Waals surface area contributed by atoms with Gasteiger partial charge in [-0.05, 0) is 47.2 Å². The van der Waals surface area contributed by atoms with Crippen LogP contribution in [-0.4, -0.2) is 12.3 Å². The molecule has 3 rings (SSSR count). The highest BCUT2D eigenvalue weighted by Gasteiger charge is 2.32. The van der Waals surface area contributed by atoms with E-state index in [4.69, 9.17) is 37.4 Å². The topological polar surface area (TPSA) is 44.8 Å². The number of ether oxygens (including phenoxy) is 3. The van der Waals surface area contributed by atoms with Crippen molar-refractivity contribution in [2.24, 2.45) is 0 Å². The van der Waals surface area contributed by atoms with Gasteiger partial charge in [0.1, 0.15) is 11.5 Å². The van der Waals surface area contributed by atoms with E-state index >= 15 is 0 Å². The van der Waals surface area contributed by atoms with Crippen LogP contribution in [0, 0.1) is 0 Å². The summed E-state index contributed by atoms with van der Waals surface area (Å²) in [5, 5.41) is 1.09. The van der Waals surface area contributed by atoms with Gasteiger partial charge in [-0.3, -0.25) is 4.79 Å². The van der Waals surface area contributed by atoms with Crippen LogP contribution >= 0.6 is 23.2 Å². The summed E-state index contributed by atoms with van der Waals surface area (Å²) in [6, 6.07) is 11.8. The van der Waals surface area contributed by atoms with Crippen molar-refractivity contribution in [1.82, 2.24) is 0 Å². The van der Waals surface area contributed by atoms with Gasteiger partial charge in [-0.1, -0.05) is 42.3 Å². The summed E-state index contributed by atoms with van der Waals surface area (Å²) >= 11 is 11.9. The molecule has 9 heteroatoms. The van der Waals surface area contributed by atoms with Gasteiger partial charge in [-0.25, -0.2) is 0 Å². The van der Waals surface area contributed by atoms with E-state index in [0.29, 0.717) is 11.5 Å². The molecule has 0 heterocycles. The van der Waals surface area contributed by atoms with Crippen molar-refractivity contribution in [2.45, 2.75) is 32.7 Å². The smallest absolute Gasteiger partial charge is 0.416 e. The maximum absolute atomic E-state index is 12.9. The number of alkyl halides is 3. The van der Waals surface area contributed by atoms with Crippen molar-refractivity contribution in [3.63, 3.8) is 0 Å². The number of carbonyl (C=O) groups is 1. The van der Waals surface area contributed by atoms with E-state index in [9.17, 15) is 18.0 Å². The van der Waals surface area contributed by atoms with Gasteiger partial charge < -0.3 is 14.2 Å². The average molecular weight is 473 g/mol. The third-order valence-corrected chi connectivity index (χ3v) is 4.78. The lowest BCUT2D eigenvalue weighted by Gasteiger charge is -2.16. The first kappa shape index (κ1) is 23.0. The number of carbonyl (C=O) groups excluding carboxylic acids is 1. The molecule has 0 unspecified atom stereocenters. The fourth-order valence-corrected chi connectivity index (χ4v) is 3.33. The van der Waals surface area contributed by atoms with Crippen molar-refractivity contribution in [3.8, 4) is 17.2 Å². The molecule has 0 fully saturated rings. The number of esters is 1. The highest BCUT2D eigenvalue weighted by molar-refractivity contribution is 6.37. The maximum atomic E-state index is 12.9. The monoisotopic (exact) mass is 472 g/mol. The molecule has 0 aliphatic heterocycles. The first-order valence-electron chi connectivity index (χ1n) is 9.21. The molecule has 31 heavy (non-hydrogen) atoms. The van der Waals surface area contributed by atoms with Gasteiger partial charge in [0, 0.05) is 13.3 Å².